The van der Waals surface area contributed by atoms with Crippen LogP contribution in [0.4, 0.5) is 0 Å². The van der Waals surface area contributed by atoms with E-state index >= 15 is 0 Å². The van der Waals surface area contributed by atoms with Gasteiger partial charge in [-0.25, -0.2) is 0 Å². The Labute approximate surface area is 119 Å². The fourth-order valence-electron chi connectivity index (χ4n) is 3.81. The van der Waals surface area contributed by atoms with Gasteiger partial charge in [0.1, 0.15) is 0 Å². The first-order chi connectivity index (χ1) is 9.18. The molecule has 1 aliphatic heterocycles. The van der Waals surface area contributed by atoms with Gasteiger partial charge < -0.3 is 10.1 Å². The molecule has 2 fully saturated rings. The summed E-state index contributed by atoms with van der Waals surface area (Å²) in [4.78, 5) is 2.71. The Bertz CT molecular complexity index is 271. The summed E-state index contributed by atoms with van der Waals surface area (Å²) in [6.45, 7) is 8.06. The van der Waals surface area contributed by atoms with Crippen molar-refractivity contribution < 1.29 is 4.74 Å². The Hall–Kier alpha value is -0.120. The SMILES string of the molecule is CCCNC1CCCCC1N1CCCC(C)(OC)C1. The van der Waals surface area contributed by atoms with Crippen LogP contribution in [0.25, 0.3) is 0 Å². The van der Waals surface area contributed by atoms with E-state index in [1.165, 1.54) is 51.5 Å². The minimum Gasteiger partial charge on any atom is -0.377 e. The van der Waals surface area contributed by atoms with Gasteiger partial charge in [0.15, 0.2) is 0 Å². The van der Waals surface area contributed by atoms with Crippen molar-refractivity contribution in [2.75, 3.05) is 26.7 Å². The summed E-state index contributed by atoms with van der Waals surface area (Å²) in [5.41, 5.74) is 0.0744. The van der Waals surface area contributed by atoms with E-state index in [1.54, 1.807) is 0 Å². The van der Waals surface area contributed by atoms with Gasteiger partial charge >= 0.3 is 0 Å². The number of hydrogen-bond donors (Lipinski definition) is 1. The largest absolute Gasteiger partial charge is 0.377 e. The number of likely N-dealkylation sites (tertiary alicyclic amines) is 1. The van der Waals surface area contributed by atoms with Gasteiger partial charge in [0.2, 0.25) is 0 Å². The van der Waals surface area contributed by atoms with Crippen LogP contribution in [0.1, 0.15) is 58.8 Å². The van der Waals surface area contributed by atoms with Gasteiger partial charge in [0.25, 0.3) is 0 Å². The molecule has 1 heterocycles. The number of methoxy groups -OCH3 is 1. The Morgan fingerprint density at radius 2 is 2.05 bits per heavy atom. The number of piperidine rings is 1. The molecule has 112 valence electrons. The monoisotopic (exact) mass is 268 g/mol. The number of nitrogens with zero attached hydrogens (tertiary/aromatic N) is 1. The maximum Gasteiger partial charge on any atom is 0.0777 e. The number of rotatable bonds is 5. The van der Waals surface area contributed by atoms with E-state index in [1.807, 2.05) is 7.11 Å². The summed E-state index contributed by atoms with van der Waals surface area (Å²) in [6, 6.07) is 1.43. The predicted molar refractivity (Wildman–Crippen MR) is 80.6 cm³/mol. The van der Waals surface area contributed by atoms with Crippen LogP contribution < -0.4 is 5.32 Å². The molecular weight excluding hydrogens is 236 g/mol. The van der Waals surface area contributed by atoms with Crippen molar-refractivity contribution in [2.45, 2.75) is 76.5 Å². The van der Waals surface area contributed by atoms with E-state index in [-0.39, 0.29) is 5.60 Å². The highest BCUT2D eigenvalue weighted by atomic mass is 16.5. The topological polar surface area (TPSA) is 24.5 Å². The van der Waals surface area contributed by atoms with Crippen molar-refractivity contribution in [1.82, 2.24) is 10.2 Å². The van der Waals surface area contributed by atoms with Crippen LogP contribution in [0.15, 0.2) is 0 Å². The lowest BCUT2D eigenvalue weighted by Gasteiger charge is -2.47. The van der Waals surface area contributed by atoms with Crippen molar-refractivity contribution in [3.8, 4) is 0 Å². The summed E-state index contributed by atoms with van der Waals surface area (Å²) in [5.74, 6) is 0. The second-order valence-electron chi connectivity index (χ2n) is 6.64. The lowest BCUT2D eigenvalue weighted by atomic mass is 9.85. The van der Waals surface area contributed by atoms with E-state index in [2.05, 4.69) is 24.1 Å². The molecule has 0 bridgehead atoms. The molecule has 3 atom stereocenters. The molecule has 2 aliphatic rings. The van der Waals surface area contributed by atoms with Gasteiger partial charge in [-0.2, -0.15) is 0 Å². The average Bonchev–Trinajstić information content (AvgIpc) is 2.45. The molecule has 0 spiro atoms. The first-order valence-electron chi connectivity index (χ1n) is 8.21. The first-order valence-corrected chi connectivity index (χ1v) is 8.21. The maximum absolute atomic E-state index is 5.75. The lowest BCUT2D eigenvalue weighted by molar-refractivity contribution is -0.0683. The van der Waals surface area contributed by atoms with Crippen molar-refractivity contribution in [3.63, 3.8) is 0 Å². The molecule has 0 aromatic heterocycles. The molecule has 0 radical (unpaired) electrons. The van der Waals surface area contributed by atoms with Gasteiger partial charge in [-0.3, -0.25) is 4.90 Å². The molecule has 1 saturated heterocycles. The average molecular weight is 268 g/mol. The van der Waals surface area contributed by atoms with Crippen LogP contribution in [0, 0.1) is 0 Å². The third-order valence-corrected chi connectivity index (χ3v) is 5.04. The fraction of sp³-hybridized carbons (Fsp3) is 1.00. The highest BCUT2D eigenvalue weighted by Crippen LogP contribution is 2.30. The third-order valence-electron chi connectivity index (χ3n) is 5.04. The van der Waals surface area contributed by atoms with Gasteiger partial charge in [-0.05, 0) is 52.1 Å². The van der Waals surface area contributed by atoms with Crippen molar-refractivity contribution >= 4 is 0 Å². The fourth-order valence-corrected chi connectivity index (χ4v) is 3.81. The van der Waals surface area contributed by atoms with Gasteiger partial charge in [0, 0.05) is 25.7 Å². The lowest BCUT2D eigenvalue weighted by Crippen LogP contribution is -2.58. The molecule has 0 aromatic rings. The first kappa shape index (κ1) is 15.3. The summed E-state index contributed by atoms with van der Waals surface area (Å²) in [7, 11) is 1.87. The second kappa shape index (κ2) is 7.05. The van der Waals surface area contributed by atoms with Crippen molar-refractivity contribution in [3.05, 3.63) is 0 Å². The van der Waals surface area contributed by atoms with Crippen LogP contribution in [0.2, 0.25) is 0 Å². The molecule has 3 heteroatoms. The molecule has 0 aromatic carbocycles. The Balaban J connectivity index is 1.96. The highest BCUT2D eigenvalue weighted by molar-refractivity contribution is 4.94. The van der Waals surface area contributed by atoms with Crippen LogP contribution in [-0.4, -0.2) is 49.3 Å². The van der Waals surface area contributed by atoms with E-state index < -0.39 is 0 Å². The second-order valence-corrected chi connectivity index (χ2v) is 6.64. The Kier molecular flexibility index (Phi) is 5.67. The van der Waals surface area contributed by atoms with E-state index in [0.29, 0.717) is 6.04 Å². The van der Waals surface area contributed by atoms with Gasteiger partial charge in [-0.15, -0.1) is 0 Å². The minimum absolute atomic E-state index is 0.0744. The zero-order valence-electron chi connectivity index (χ0n) is 13.1. The molecule has 1 saturated carbocycles. The summed E-state index contributed by atoms with van der Waals surface area (Å²) in [5, 5.41) is 3.78. The third kappa shape index (κ3) is 3.93. The predicted octanol–water partition coefficient (Wildman–Crippen LogP) is 2.80. The smallest absolute Gasteiger partial charge is 0.0777 e. The highest BCUT2D eigenvalue weighted by Gasteiger charge is 2.37. The summed E-state index contributed by atoms with van der Waals surface area (Å²) < 4.78 is 5.75. The summed E-state index contributed by atoms with van der Waals surface area (Å²) in [6.07, 6.45) is 9.23. The van der Waals surface area contributed by atoms with Crippen LogP contribution in [0.3, 0.4) is 0 Å². The zero-order chi connectivity index (χ0) is 13.7. The van der Waals surface area contributed by atoms with E-state index in [9.17, 15) is 0 Å². The summed E-state index contributed by atoms with van der Waals surface area (Å²) >= 11 is 0. The van der Waals surface area contributed by atoms with Crippen LogP contribution in [0.5, 0.6) is 0 Å². The molecule has 1 N–H and O–H groups in total. The zero-order valence-corrected chi connectivity index (χ0v) is 13.1. The molecular formula is C16H32N2O. The van der Waals surface area contributed by atoms with Gasteiger partial charge in [-0.1, -0.05) is 19.8 Å². The molecule has 2 rings (SSSR count). The molecule has 1 aliphatic carbocycles. The Morgan fingerprint density at radius 1 is 1.26 bits per heavy atom. The van der Waals surface area contributed by atoms with Crippen molar-refractivity contribution in [1.29, 1.82) is 0 Å². The van der Waals surface area contributed by atoms with E-state index in [4.69, 9.17) is 4.74 Å². The molecule has 0 amide bonds. The molecule has 19 heavy (non-hydrogen) atoms. The normalized spacial score (nSPS) is 37.4. The quantitative estimate of drug-likeness (QED) is 0.830. The number of hydrogen-bond acceptors (Lipinski definition) is 3. The molecule has 3 unspecified atom stereocenters. The minimum atomic E-state index is 0.0744. The number of ether oxygens (including phenoxy) is 1. The van der Waals surface area contributed by atoms with Crippen molar-refractivity contribution in [2.24, 2.45) is 0 Å². The standard InChI is InChI=1S/C16H32N2O/c1-4-11-17-14-8-5-6-9-15(14)18-12-7-10-16(2,13-18)19-3/h14-15,17H,4-13H2,1-3H3. The van der Waals surface area contributed by atoms with E-state index in [0.717, 1.165) is 19.1 Å². The van der Waals surface area contributed by atoms with Crippen LogP contribution in [-0.2, 0) is 4.74 Å². The number of nitrogens with one attached hydrogen (secondary N) is 1. The molecule has 3 nitrogen and oxygen atoms in total. The maximum atomic E-state index is 5.75. The van der Waals surface area contributed by atoms with Crippen LogP contribution >= 0.6 is 0 Å². The van der Waals surface area contributed by atoms with Gasteiger partial charge in [0.05, 0.1) is 5.60 Å². The Morgan fingerprint density at radius 3 is 2.79 bits per heavy atom.